The molecule has 1 atom stereocenters. The van der Waals surface area contributed by atoms with Gasteiger partial charge in [0.05, 0.1) is 0 Å². The van der Waals surface area contributed by atoms with Crippen LogP contribution in [0, 0.1) is 4.91 Å². The van der Waals surface area contributed by atoms with E-state index < -0.39 is 5.97 Å². The molecule has 6 heteroatoms. The Balaban J connectivity index is 0.000000151. The van der Waals surface area contributed by atoms with Gasteiger partial charge in [0.2, 0.25) is 0 Å². The molecule has 0 aliphatic carbocycles. The number of thiophene rings is 1. The minimum absolute atomic E-state index is 0.269. The average Bonchev–Trinajstić information content (AvgIpc) is 2.92. The zero-order valence-corrected chi connectivity index (χ0v) is 8.87. The van der Waals surface area contributed by atoms with Crippen LogP contribution in [-0.4, -0.2) is 23.7 Å². The number of nitrogens with one attached hydrogen (secondary N) is 1. The Hall–Kier alpha value is -1.27. The molecule has 0 saturated carbocycles. The van der Waals surface area contributed by atoms with E-state index in [1.54, 1.807) is 12.1 Å². The quantitative estimate of drug-likeness (QED) is 0.758. The fourth-order valence-corrected chi connectivity index (χ4v) is 1.71. The summed E-state index contributed by atoms with van der Waals surface area (Å²) in [5, 5.41) is 16.3. The van der Waals surface area contributed by atoms with Crippen LogP contribution in [0.5, 0.6) is 0 Å². The third-order valence-corrected chi connectivity index (χ3v) is 2.70. The van der Waals surface area contributed by atoms with E-state index in [1.165, 1.54) is 11.3 Å². The maximum atomic E-state index is 10.1. The standard InChI is InChI=1S/C5H9NO2.C4H3NOS/c7-5(8)4-2-1-3-6-4;6-5-4-2-1-3-7-4/h4,6H,1-3H2,(H,7,8);1-3H. The van der Waals surface area contributed by atoms with Crippen LogP contribution in [0.15, 0.2) is 22.7 Å². The summed E-state index contributed by atoms with van der Waals surface area (Å²) in [6, 6.07) is 3.20. The lowest BCUT2D eigenvalue weighted by Crippen LogP contribution is -2.29. The molecule has 0 aromatic carbocycles. The van der Waals surface area contributed by atoms with Crippen LogP contribution in [0.2, 0.25) is 0 Å². The van der Waals surface area contributed by atoms with Crippen molar-refractivity contribution in [2.75, 3.05) is 6.54 Å². The maximum absolute atomic E-state index is 10.1. The fraction of sp³-hybridized carbons (Fsp3) is 0.444. The summed E-state index contributed by atoms with van der Waals surface area (Å²) in [5.74, 6) is -0.720. The van der Waals surface area contributed by atoms with Gasteiger partial charge in [-0.15, -0.1) is 16.2 Å². The molecule has 15 heavy (non-hydrogen) atoms. The van der Waals surface area contributed by atoms with E-state index in [-0.39, 0.29) is 6.04 Å². The van der Waals surface area contributed by atoms with Gasteiger partial charge in [0.1, 0.15) is 6.04 Å². The lowest BCUT2D eigenvalue weighted by molar-refractivity contribution is -0.139. The van der Waals surface area contributed by atoms with Gasteiger partial charge in [-0.3, -0.25) is 4.79 Å². The lowest BCUT2D eigenvalue weighted by atomic mass is 10.2. The van der Waals surface area contributed by atoms with Crippen LogP contribution in [0.1, 0.15) is 12.8 Å². The van der Waals surface area contributed by atoms with Crippen LogP contribution in [0.4, 0.5) is 5.00 Å². The zero-order valence-electron chi connectivity index (χ0n) is 8.05. The summed E-state index contributed by atoms with van der Waals surface area (Å²) < 4.78 is 0. The SMILES string of the molecule is O=C(O)C1CCCN1.O=Nc1cccs1. The van der Waals surface area contributed by atoms with Gasteiger partial charge in [0.25, 0.3) is 0 Å². The molecule has 0 radical (unpaired) electrons. The molecule has 82 valence electrons. The Bertz CT molecular complexity index is 307. The van der Waals surface area contributed by atoms with Gasteiger partial charge >= 0.3 is 5.97 Å². The van der Waals surface area contributed by atoms with Gasteiger partial charge < -0.3 is 10.4 Å². The molecule has 2 rings (SSSR count). The summed E-state index contributed by atoms with van der Waals surface area (Å²) in [7, 11) is 0. The number of aliphatic carboxylic acids is 1. The minimum Gasteiger partial charge on any atom is -0.480 e. The summed E-state index contributed by atoms with van der Waals surface area (Å²) in [5.41, 5.74) is 0. The predicted octanol–water partition coefficient (Wildman–Crippen LogP) is 1.97. The lowest BCUT2D eigenvalue weighted by Gasteiger charge is -1.99. The molecule has 1 unspecified atom stereocenters. The number of hydrogen-bond donors (Lipinski definition) is 2. The topological polar surface area (TPSA) is 78.8 Å². The number of rotatable bonds is 2. The monoisotopic (exact) mass is 228 g/mol. The molecule has 1 aromatic heterocycles. The van der Waals surface area contributed by atoms with Crippen molar-refractivity contribution in [3.63, 3.8) is 0 Å². The molecular weight excluding hydrogens is 216 g/mol. The van der Waals surface area contributed by atoms with Gasteiger partial charge in [0.15, 0.2) is 5.00 Å². The maximum Gasteiger partial charge on any atom is 0.320 e. The van der Waals surface area contributed by atoms with Crippen molar-refractivity contribution in [2.24, 2.45) is 5.18 Å². The molecule has 0 spiro atoms. The van der Waals surface area contributed by atoms with Crippen LogP contribution < -0.4 is 5.32 Å². The van der Waals surface area contributed by atoms with Crippen molar-refractivity contribution in [1.29, 1.82) is 0 Å². The normalized spacial score (nSPS) is 19.1. The molecule has 5 nitrogen and oxygen atoms in total. The van der Waals surface area contributed by atoms with Crippen LogP contribution in [0.25, 0.3) is 0 Å². The van der Waals surface area contributed by atoms with Gasteiger partial charge in [-0.25, -0.2) is 0 Å². The highest BCUT2D eigenvalue weighted by Crippen LogP contribution is 2.17. The molecular formula is C9H12N2O3S. The minimum atomic E-state index is -0.720. The van der Waals surface area contributed by atoms with Crippen LogP contribution >= 0.6 is 11.3 Å². The summed E-state index contributed by atoms with van der Waals surface area (Å²) >= 11 is 1.34. The second-order valence-electron chi connectivity index (χ2n) is 3.03. The van der Waals surface area contributed by atoms with Crippen LogP contribution in [-0.2, 0) is 4.79 Å². The second kappa shape index (κ2) is 6.26. The van der Waals surface area contributed by atoms with E-state index >= 15 is 0 Å². The summed E-state index contributed by atoms with van der Waals surface area (Å²) in [4.78, 5) is 19.8. The molecule has 1 saturated heterocycles. The van der Waals surface area contributed by atoms with Gasteiger partial charge in [-0.05, 0) is 42.1 Å². The molecule has 2 heterocycles. The molecule has 0 amide bonds. The number of carboxylic acids is 1. The van der Waals surface area contributed by atoms with Gasteiger partial charge in [-0.1, -0.05) is 0 Å². The molecule has 0 bridgehead atoms. The van der Waals surface area contributed by atoms with E-state index in [0.29, 0.717) is 5.00 Å². The van der Waals surface area contributed by atoms with E-state index in [2.05, 4.69) is 10.5 Å². The fourth-order valence-electron chi connectivity index (χ4n) is 1.22. The Labute approximate surface area is 91.1 Å². The first kappa shape index (κ1) is 11.8. The number of hydrogen-bond acceptors (Lipinski definition) is 5. The van der Waals surface area contributed by atoms with Crippen molar-refractivity contribution in [3.05, 3.63) is 22.4 Å². The van der Waals surface area contributed by atoms with Crippen LogP contribution in [0.3, 0.4) is 0 Å². The summed E-state index contributed by atoms with van der Waals surface area (Å²) in [6.07, 6.45) is 1.78. The highest BCUT2D eigenvalue weighted by molar-refractivity contribution is 7.13. The largest absolute Gasteiger partial charge is 0.480 e. The van der Waals surface area contributed by atoms with E-state index in [1.807, 2.05) is 5.38 Å². The van der Waals surface area contributed by atoms with Crippen molar-refractivity contribution in [2.45, 2.75) is 18.9 Å². The van der Waals surface area contributed by atoms with E-state index in [0.717, 1.165) is 19.4 Å². The molecule has 2 N–H and O–H groups in total. The zero-order chi connectivity index (χ0) is 11.1. The molecule has 1 aliphatic heterocycles. The Morgan fingerprint density at radius 2 is 2.47 bits per heavy atom. The van der Waals surface area contributed by atoms with Crippen molar-refractivity contribution in [1.82, 2.24) is 5.32 Å². The summed E-state index contributed by atoms with van der Waals surface area (Å²) in [6.45, 7) is 0.858. The van der Waals surface area contributed by atoms with Gasteiger partial charge in [0, 0.05) is 0 Å². The Morgan fingerprint density at radius 3 is 2.73 bits per heavy atom. The Morgan fingerprint density at radius 1 is 1.67 bits per heavy atom. The van der Waals surface area contributed by atoms with E-state index in [9.17, 15) is 9.70 Å². The second-order valence-corrected chi connectivity index (χ2v) is 3.96. The number of carboxylic acid groups (broad SMARTS) is 1. The average molecular weight is 228 g/mol. The number of nitroso groups, excluding NO2 is 1. The molecule has 1 aliphatic rings. The van der Waals surface area contributed by atoms with Crippen molar-refractivity contribution >= 4 is 22.3 Å². The first-order valence-electron chi connectivity index (χ1n) is 4.57. The van der Waals surface area contributed by atoms with Crippen molar-refractivity contribution in [3.8, 4) is 0 Å². The molecule has 1 fully saturated rings. The third-order valence-electron chi connectivity index (χ3n) is 1.95. The van der Waals surface area contributed by atoms with Crippen molar-refractivity contribution < 1.29 is 9.90 Å². The Kier molecular flexibility index (Phi) is 4.92. The third kappa shape index (κ3) is 4.18. The van der Waals surface area contributed by atoms with Gasteiger partial charge in [-0.2, -0.15) is 0 Å². The predicted molar refractivity (Wildman–Crippen MR) is 58.4 cm³/mol. The first-order valence-corrected chi connectivity index (χ1v) is 5.45. The first-order chi connectivity index (χ1) is 7.24. The highest BCUT2D eigenvalue weighted by atomic mass is 32.1. The number of carbonyl (C=O) groups is 1. The molecule has 1 aromatic rings. The van der Waals surface area contributed by atoms with E-state index in [4.69, 9.17) is 5.11 Å². The number of nitrogens with zero attached hydrogens (tertiary/aromatic N) is 1. The highest BCUT2D eigenvalue weighted by Gasteiger charge is 2.20. The smallest absolute Gasteiger partial charge is 0.320 e.